The van der Waals surface area contributed by atoms with E-state index < -0.39 is 12.2 Å². The molecule has 1 saturated carbocycles. The number of phenols is 1. The summed E-state index contributed by atoms with van der Waals surface area (Å²) in [6.45, 7) is 4.65. The van der Waals surface area contributed by atoms with Crippen molar-refractivity contribution in [2.45, 2.75) is 44.4 Å². The fourth-order valence-corrected chi connectivity index (χ4v) is 8.26. The molecule has 13 heteroatoms. The number of aliphatic hydroxyl groups is 1. The van der Waals surface area contributed by atoms with Crippen LogP contribution in [-0.4, -0.2) is 104 Å². The zero-order valence-electron chi connectivity index (χ0n) is 32.9. The number of para-hydroxylation sites is 1. The second-order valence-corrected chi connectivity index (χ2v) is 15.4. The Morgan fingerprint density at radius 1 is 0.966 bits per heavy atom. The van der Waals surface area contributed by atoms with Crippen LogP contribution in [0.1, 0.15) is 42.1 Å². The quantitative estimate of drug-likeness (QED) is 0.0675. The van der Waals surface area contributed by atoms with Crippen LogP contribution in [-0.2, 0) is 32.0 Å². The minimum atomic E-state index is -0.938. The third-order valence-electron chi connectivity index (χ3n) is 11.2. The van der Waals surface area contributed by atoms with Gasteiger partial charge in [-0.1, -0.05) is 72.8 Å². The number of amides is 3. The van der Waals surface area contributed by atoms with Gasteiger partial charge < -0.3 is 40.0 Å². The van der Waals surface area contributed by atoms with Gasteiger partial charge in [0, 0.05) is 57.4 Å². The molecule has 3 amide bonds. The molecule has 2 heterocycles. The van der Waals surface area contributed by atoms with Crippen LogP contribution < -0.4 is 20.7 Å². The second-order valence-electron chi connectivity index (χ2n) is 15.4. The average molecular weight is 792 g/mol. The molecule has 4 aromatic carbocycles. The number of benzene rings is 4. The number of anilines is 2. The summed E-state index contributed by atoms with van der Waals surface area (Å²) in [5, 5.41) is 29.5. The summed E-state index contributed by atoms with van der Waals surface area (Å²) in [6, 6.07) is 29.4. The van der Waals surface area contributed by atoms with Gasteiger partial charge in [0.2, 0.25) is 5.91 Å². The summed E-state index contributed by atoms with van der Waals surface area (Å²) in [5.74, 6) is 0.759. The molecule has 0 aromatic heterocycles. The van der Waals surface area contributed by atoms with E-state index in [2.05, 4.69) is 45.1 Å². The van der Waals surface area contributed by atoms with Gasteiger partial charge in [-0.05, 0) is 66.0 Å². The number of carbonyl (C=O) groups excluding carboxylic acids is 3. The van der Waals surface area contributed by atoms with E-state index in [1.807, 2.05) is 54.6 Å². The molecule has 5 N–H and O–H groups in total. The first-order valence-corrected chi connectivity index (χ1v) is 20.1. The molecular formula is C45H53N5O8. The van der Waals surface area contributed by atoms with E-state index in [0.29, 0.717) is 43.7 Å². The summed E-state index contributed by atoms with van der Waals surface area (Å²) in [7, 11) is 1.74. The van der Waals surface area contributed by atoms with Gasteiger partial charge in [0.15, 0.2) is 12.4 Å². The molecule has 2 aliphatic heterocycles. The van der Waals surface area contributed by atoms with Crippen LogP contribution in [0.5, 0.6) is 11.5 Å². The highest BCUT2D eigenvalue weighted by Gasteiger charge is 2.42. The van der Waals surface area contributed by atoms with Crippen LogP contribution in [0.3, 0.4) is 0 Å². The Kier molecular flexibility index (Phi) is 13.6. The van der Waals surface area contributed by atoms with E-state index in [9.17, 15) is 24.6 Å². The smallest absolute Gasteiger partial charge is 0.411 e. The number of rotatable bonds is 17. The number of phenolic OH excluding ortho intramolecular Hbond substituents is 1. The Bertz CT molecular complexity index is 2030. The molecule has 2 unspecified atom stereocenters. The molecule has 0 bridgehead atoms. The summed E-state index contributed by atoms with van der Waals surface area (Å²) in [5.41, 5.74) is 5.83. The number of hydrogen-bond acceptors (Lipinski definition) is 10. The van der Waals surface area contributed by atoms with Gasteiger partial charge >= 0.3 is 6.09 Å². The predicted molar refractivity (Wildman–Crippen MR) is 221 cm³/mol. The van der Waals surface area contributed by atoms with Gasteiger partial charge in [-0.3, -0.25) is 19.8 Å². The van der Waals surface area contributed by atoms with E-state index in [1.165, 1.54) is 17.2 Å². The number of nitrogens with zero attached hydrogens (tertiary/aromatic N) is 2. The summed E-state index contributed by atoms with van der Waals surface area (Å²) in [6.07, 6.45) is 1.39. The number of hydrogen-bond donors (Lipinski definition) is 5. The normalized spacial score (nSPS) is 19.1. The lowest BCUT2D eigenvalue weighted by Gasteiger charge is -2.24. The molecule has 4 aromatic rings. The standard InChI is InChI=1S/C45H53N5O8/c1-49(19-18-46-25-40(52)37-14-15-39(51)43-44(37)57-29-41(53)48-43)42(54)17-21-56-20-16-30-8-7-9-31(22-30)26-50-27-33-23-35(24-34(33)28-50)58-45(55)47-38-13-6-5-12-36(38)32-10-3-2-4-11-32/h2-15,22,33-35,40,46,51-52H,16-21,23-29H2,1H3,(H,47,55)(H,48,53)/t33-,34?,35?,40+/m1/s1. The molecule has 1 saturated heterocycles. The van der Waals surface area contributed by atoms with Gasteiger partial charge in [-0.15, -0.1) is 0 Å². The molecule has 3 aliphatic rings. The topological polar surface area (TPSA) is 162 Å². The van der Waals surface area contributed by atoms with Crippen molar-refractivity contribution in [3.63, 3.8) is 0 Å². The zero-order chi connectivity index (χ0) is 40.4. The lowest BCUT2D eigenvalue weighted by atomic mass is 10.0. The largest absolute Gasteiger partial charge is 0.506 e. The SMILES string of the molecule is CN(CCNC[C@H](O)c1ccc(O)c2c1OCC(=O)N2)C(=O)CCOCCc1cccc(CN2CC3CC(OC(=O)Nc4ccccc4-c4ccccc4)C[C@@H]3C2)c1. The number of likely N-dealkylation sites (N-methyl/N-ethyl adjacent to an activating group) is 1. The van der Waals surface area contributed by atoms with E-state index in [-0.39, 0.29) is 54.7 Å². The maximum atomic E-state index is 12.9. The van der Waals surface area contributed by atoms with Crippen LogP contribution in [0.25, 0.3) is 11.1 Å². The Hall–Kier alpha value is -5.47. The number of aliphatic hydroxyl groups excluding tert-OH is 1. The van der Waals surface area contributed by atoms with Crippen LogP contribution in [0.4, 0.5) is 16.2 Å². The fraction of sp³-hybridized carbons (Fsp3) is 0.400. The number of ether oxygens (including phenoxy) is 3. The van der Waals surface area contributed by atoms with E-state index in [4.69, 9.17) is 14.2 Å². The first kappa shape index (κ1) is 40.7. The maximum absolute atomic E-state index is 12.9. The van der Waals surface area contributed by atoms with Crippen molar-refractivity contribution in [1.82, 2.24) is 15.1 Å². The Balaban J connectivity index is 0.756. The predicted octanol–water partition coefficient (Wildman–Crippen LogP) is 5.58. The first-order chi connectivity index (χ1) is 28.2. The second kappa shape index (κ2) is 19.3. The molecule has 306 valence electrons. The number of nitrogens with one attached hydrogen (secondary N) is 3. The average Bonchev–Trinajstić information content (AvgIpc) is 3.77. The van der Waals surface area contributed by atoms with Crippen molar-refractivity contribution < 1.29 is 38.8 Å². The summed E-state index contributed by atoms with van der Waals surface area (Å²) >= 11 is 0. The third-order valence-corrected chi connectivity index (χ3v) is 11.2. The molecule has 13 nitrogen and oxygen atoms in total. The minimum Gasteiger partial charge on any atom is -0.506 e. The molecule has 58 heavy (non-hydrogen) atoms. The lowest BCUT2D eigenvalue weighted by molar-refractivity contribution is -0.131. The fourth-order valence-electron chi connectivity index (χ4n) is 8.26. The third kappa shape index (κ3) is 10.5. The molecule has 7 rings (SSSR count). The Labute approximate surface area is 339 Å². The molecule has 1 aliphatic carbocycles. The lowest BCUT2D eigenvalue weighted by Crippen LogP contribution is -2.35. The molecular weight excluding hydrogens is 739 g/mol. The van der Waals surface area contributed by atoms with Crippen molar-refractivity contribution in [2.24, 2.45) is 11.8 Å². The van der Waals surface area contributed by atoms with Crippen molar-refractivity contribution in [3.8, 4) is 22.6 Å². The van der Waals surface area contributed by atoms with Gasteiger partial charge in [0.05, 0.1) is 31.4 Å². The van der Waals surface area contributed by atoms with Crippen LogP contribution in [0, 0.1) is 11.8 Å². The maximum Gasteiger partial charge on any atom is 0.411 e. The zero-order valence-corrected chi connectivity index (χ0v) is 32.9. The number of likely N-dealkylation sites (tertiary alicyclic amines) is 1. The Morgan fingerprint density at radius 2 is 1.72 bits per heavy atom. The molecule has 2 fully saturated rings. The van der Waals surface area contributed by atoms with Gasteiger partial charge in [-0.2, -0.15) is 0 Å². The van der Waals surface area contributed by atoms with Crippen LogP contribution in [0.15, 0.2) is 91.0 Å². The highest BCUT2D eigenvalue weighted by atomic mass is 16.6. The summed E-state index contributed by atoms with van der Waals surface area (Å²) in [4.78, 5) is 41.4. The van der Waals surface area contributed by atoms with Gasteiger partial charge in [0.25, 0.3) is 5.91 Å². The first-order valence-electron chi connectivity index (χ1n) is 20.1. The molecule has 0 radical (unpaired) electrons. The van der Waals surface area contributed by atoms with Crippen molar-refractivity contribution in [3.05, 3.63) is 108 Å². The number of carbonyl (C=O) groups is 3. The van der Waals surface area contributed by atoms with Gasteiger partial charge in [-0.25, -0.2) is 4.79 Å². The van der Waals surface area contributed by atoms with Crippen LogP contribution >= 0.6 is 0 Å². The number of fused-ring (bicyclic) bond motifs is 2. The highest BCUT2D eigenvalue weighted by molar-refractivity contribution is 5.97. The van der Waals surface area contributed by atoms with Crippen molar-refractivity contribution in [1.29, 1.82) is 0 Å². The Morgan fingerprint density at radius 3 is 2.53 bits per heavy atom. The number of aromatic hydroxyl groups is 1. The van der Waals surface area contributed by atoms with Crippen molar-refractivity contribution in [2.75, 3.05) is 70.2 Å². The highest BCUT2D eigenvalue weighted by Crippen LogP contribution is 2.42. The molecule has 0 spiro atoms. The van der Waals surface area contributed by atoms with E-state index >= 15 is 0 Å². The van der Waals surface area contributed by atoms with Crippen molar-refractivity contribution >= 4 is 29.3 Å². The van der Waals surface area contributed by atoms with E-state index in [1.54, 1.807) is 18.0 Å². The van der Waals surface area contributed by atoms with Crippen LogP contribution in [0.2, 0.25) is 0 Å². The monoisotopic (exact) mass is 791 g/mol. The summed E-state index contributed by atoms with van der Waals surface area (Å²) < 4.78 is 17.2. The minimum absolute atomic E-state index is 0.0257. The van der Waals surface area contributed by atoms with E-state index in [0.717, 1.165) is 55.7 Å². The molecule has 4 atom stereocenters. The van der Waals surface area contributed by atoms with Gasteiger partial charge in [0.1, 0.15) is 17.5 Å².